The zero-order valence-electron chi connectivity index (χ0n) is 15.4. The Labute approximate surface area is 158 Å². The van der Waals surface area contributed by atoms with Gasteiger partial charge in [0.25, 0.3) is 5.91 Å². The van der Waals surface area contributed by atoms with Crippen LogP contribution in [0.15, 0.2) is 60.8 Å². The number of amides is 1. The number of carbonyl (C=O) groups is 1. The van der Waals surface area contributed by atoms with Gasteiger partial charge in [0.15, 0.2) is 0 Å². The lowest BCUT2D eigenvalue weighted by molar-refractivity contribution is 0.0924. The molecule has 140 valence electrons. The van der Waals surface area contributed by atoms with Crippen LogP contribution in [0.5, 0.6) is 5.75 Å². The van der Waals surface area contributed by atoms with Crippen LogP contribution in [0.4, 0.5) is 0 Å². The van der Waals surface area contributed by atoms with Crippen molar-refractivity contribution in [3.63, 3.8) is 0 Å². The number of nitrogens with one attached hydrogen (secondary N) is 1. The van der Waals surface area contributed by atoms with Crippen LogP contribution in [0.2, 0.25) is 0 Å². The Bertz CT molecular complexity index is 887. The van der Waals surface area contributed by atoms with Crippen molar-refractivity contribution >= 4 is 5.91 Å². The second-order valence-electron chi connectivity index (χ2n) is 6.36. The number of aliphatic hydroxyl groups excluding tert-OH is 1. The Hall–Kier alpha value is -3.12. The summed E-state index contributed by atoms with van der Waals surface area (Å²) in [5, 5.41) is 16.8. The van der Waals surface area contributed by atoms with Crippen molar-refractivity contribution in [1.29, 1.82) is 0 Å². The van der Waals surface area contributed by atoms with Crippen molar-refractivity contribution < 1.29 is 14.6 Å². The number of aromatic nitrogens is 2. The first-order valence-electron chi connectivity index (χ1n) is 8.79. The van der Waals surface area contributed by atoms with E-state index < -0.39 is 6.10 Å². The Balaban J connectivity index is 1.93. The first kappa shape index (κ1) is 18.7. The molecule has 3 rings (SSSR count). The molecule has 0 spiro atoms. The first-order valence-corrected chi connectivity index (χ1v) is 8.79. The molecule has 2 aromatic carbocycles. The third-order valence-electron chi connectivity index (χ3n) is 4.12. The summed E-state index contributed by atoms with van der Waals surface area (Å²) in [7, 11) is 1.61. The fraction of sp³-hybridized carbons (Fsp3) is 0.238. The first-order chi connectivity index (χ1) is 13.1. The van der Waals surface area contributed by atoms with Crippen molar-refractivity contribution in [2.45, 2.75) is 19.6 Å². The van der Waals surface area contributed by atoms with Crippen molar-refractivity contribution in [2.75, 3.05) is 13.7 Å². The van der Waals surface area contributed by atoms with E-state index in [0.717, 1.165) is 16.9 Å². The molecule has 27 heavy (non-hydrogen) atoms. The van der Waals surface area contributed by atoms with Crippen molar-refractivity contribution in [3.05, 3.63) is 71.9 Å². The molecular formula is C21H23N3O3. The minimum absolute atomic E-state index is 0.185. The number of rotatable bonds is 7. The molecule has 6 nitrogen and oxygen atoms in total. The van der Waals surface area contributed by atoms with Gasteiger partial charge in [-0.1, -0.05) is 30.3 Å². The van der Waals surface area contributed by atoms with E-state index in [1.807, 2.05) is 54.6 Å². The van der Waals surface area contributed by atoms with Crippen molar-refractivity contribution in [3.8, 4) is 17.0 Å². The van der Waals surface area contributed by atoms with Gasteiger partial charge in [-0.25, -0.2) is 0 Å². The van der Waals surface area contributed by atoms with Crippen LogP contribution in [0.3, 0.4) is 0 Å². The van der Waals surface area contributed by atoms with Gasteiger partial charge in [-0.2, -0.15) is 5.10 Å². The number of benzene rings is 2. The van der Waals surface area contributed by atoms with Gasteiger partial charge in [-0.3, -0.25) is 9.48 Å². The number of hydrogen-bond acceptors (Lipinski definition) is 4. The number of nitrogens with zero attached hydrogens (tertiary/aromatic N) is 2. The lowest BCUT2D eigenvalue weighted by Gasteiger charge is -2.07. The van der Waals surface area contributed by atoms with Crippen LogP contribution in [-0.4, -0.2) is 40.6 Å². The number of methoxy groups -OCH3 is 1. The van der Waals surface area contributed by atoms with Crippen LogP contribution in [0, 0.1) is 0 Å². The Morgan fingerprint density at radius 3 is 2.52 bits per heavy atom. The van der Waals surface area contributed by atoms with Gasteiger partial charge in [0, 0.05) is 18.3 Å². The summed E-state index contributed by atoms with van der Waals surface area (Å²) in [5.74, 6) is 0.476. The molecule has 0 saturated carbocycles. The van der Waals surface area contributed by atoms with E-state index in [4.69, 9.17) is 4.74 Å². The molecular weight excluding hydrogens is 342 g/mol. The molecule has 0 aliphatic heterocycles. The van der Waals surface area contributed by atoms with E-state index in [2.05, 4.69) is 10.4 Å². The van der Waals surface area contributed by atoms with E-state index in [1.54, 1.807) is 24.9 Å². The van der Waals surface area contributed by atoms with Gasteiger partial charge in [0.2, 0.25) is 0 Å². The van der Waals surface area contributed by atoms with Gasteiger partial charge in [-0.15, -0.1) is 0 Å². The van der Waals surface area contributed by atoms with Gasteiger partial charge >= 0.3 is 0 Å². The lowest BCUT2D eigenvalue weighted by Crippen LogP contribution is -2.30. The van der Waals surface area contributed by atoms with Crippen molar-refractivity contribution in [1.82, 2.24) is 15.1 Å². The maximum absolute atomic E-state index is 12.6. The monoisotopic (exact) mass is 365 g/mol. The highest BCUT2D eigenvalue weighted by Gasteiger charge is 2.18. The van der Waals surface area contributed by atoms with E-state index in [9.17, 15) is 9.90 Å². The molecule has 6 heteroatoms. The normalized spacial score (nSPS) is 11.8. The molecule has 0 saturated heterocycles. The highest BCUT2D eigenvalue weighted by molar-refractivity contribution is 5.99. The molecule has 0 radical (unpaired) electrons. The Kier molecular flexibility index (Phi) is 5.88. The maximum Gasteiger partial charge on any atom is 0.255 e. The highest BCUT2D eigenvalue weighted by atomic mass is 16.5. The number of ether oxygens (including phenoxy) is 1. The average Bonchev–Trinajstić information content (AvgIpc) is 3.10. The highest BCUT2D eigenvalue weighted by Crippen LogP contribution is 2.25. The zero-order chi connectivity index (χ0) is 19.2. The summed E-state index contributed by atoms with van der Waals surface area (Å²) >= 11 is 0. The van der Waals surface area contributed by atoms with Gasteiger partial charge < -0.3 is 15.2 Å². The lowest BCUT2D eigenvalue weighted by atomic mass is 10.1. The minimum atomic E-state index is -0.613. The molecule has 3 aromatic rings. The average molecular weight is 365 g/mol. The summed E-state index contributed by atoms with van der Waals surface area (Å²) in [6, 6.07) is 17.4. The predicted molar refractivity (Wildman–Crippen MR) is 104 cm³/mol. The zero-order valence-corrected chi connectivity index (χ0v) is 15.4. The molecule has 0 fully saturated rings. The fourth-order valence-electron chi connectivity index (χ4n) is 2.74. The smallest absolute Gasteiger partial charge is 0.255 e. The molecule has 1 unspecified atom stereocenters. The van der Waals surface area contributed by atoms with Crippen LogP contribution in [0.25, 0.3) is 11.3 Å². The molecule has 1 aromatic heterocycles. The maximum atomic E-state index is 12.6. The van der Waals surface area contributed by atoms with Crippen molar-refractivity contribution in [2.24, 2.45) is 0 Å². The second-order valence-corrected chi connectivity index (χ2v) is 6.36. The summed E-state index contributed by atoms with van der Waals surface area (Å²) in [4.78, 5) is 12.6. The number of hydrogen-bond donors (Lipinski definition) is 2. The molecule has 2 N–H and O–H groups in total. The van der Waals surface area contributed by atoms with E-state index in [0.29, 0.717) is 17.8 Å². The topological polar surface area (TPSA) is 76.4 Å². The molecule has 0 bridgehead atoms. The van der Waals surface area contributed by atoms with Crippen LogP contribution >= 0.6 is 0 Å². The summed E-state index contributed by atoms with van der Waals surface area (Å²) in [5.41, 5.74) is 2.98. The van der Waals surface area contributed by atoms with Crippen LogP contribution in [0.1, 0.15) is 22.8 Å². The molecule has 1 heterocycles. The summed E-state index contributed by atoms with van der Waals surface area (Å²) < 4.78 is 6.96. The minimum Gasteiger partial charge on any atom is -0.497 e. The van der Waals surface area contributed by atoms with Gasteiger partial charge in [0.05, 0.1) is 25.3 Å². The summed E-state index contributed by atoms with van der Waals surface area (Å²) in [6.45, 7) is 2.38. The van der Waals surface area contributed by atoms with Crippen LogP contribution in [-0.2, 0) is 6.54 Å². The van der Waals surface area contributed by atoms with Gasteiger partial charge in [0.1, 0.15) is 11.4 Å². The SMILES string of the molecule is COc1ccc(-c2nn(Cc3ccccc3)cc2C(=O)NCC(C)O)cc1. The number of carbonyl (C=O) groups excluding carboxylic acids is 1. The fourth-order valence-corrected chi connectivity index (χ4v) is 2.74. The van der Waals surface area contributed by atoms with Crippen LogP contribution < -0.4 is 10.1 Å². The van der Waals surface area contributed by atoms with E-state index in [1.165, 1.54) is 0 Å². The predicted octanol–water partition coefficient (Wildman–Crippen LogP) is 2.72. The largest absolute Gasteiger partial charge is 0.497 e. The second kappa shape index (κ2) is 8.51. The Morgan fingerprint density at radius 2 is 1.89 bits per heavy atom. The van der Waals surface area contributed by atoms with Gasteiger partial charge in [-0.05, 0) is 36.8 Å². The van der Waals surface area contributed by atoms with E-state index >= 15 is 0 Å². The summed E-state index contributed by atoms with van der Waals surface area (Å²) in [6.07, 6.45) is 1.13. The molecule has 1 amide bonds. The molecule has 0 aliphatic rings. The molecule has 0 aliphatic carbocycles. The quantitative estimate of drug-likeness (QED) is 0.675. The third kappa shape index (κ3) is 4.74. The third-order valence-corrected chi connectivity index (χ3v) is 4.12. The molecule has 1 atom stereocenters. The standard InChI is InChI=1S/C21H23N3O3/c1-15(25)12-22-21(26)19-14-24(13-16-6-4-3-5-7-16)23-20(19)17-8-10-18(27-2)11-9-17/h3-11,14-15,25H,12-13H2,1-2H3,(H,22,26). The Morgan fingerprint density at radius 1 is 1.19 bits per heavy atom. The van der Waals surface area contributed by atoms with E-state index in [-0.39, 0.29) is 12.5 Å². The number of aliphatic hydroxyl groups is 1.